The molecule has 7 heterocycles. The van der Waals surface area contributed by atoms with Gasteiger partial charge in [0, 0.05) is 131 Å². The number of nitrogens with two attached hydrogens (primary N) is 6. The van der Waals surface area contributed by atoms with Crippen molar-refractivity contribution in [1.29, 1.82) is 0 Å². The fourth-order valence-electron chi connectivity index (χ4n) is 15.6. The van der Waals surface area contributed by atoms with Gasteiger partial charge in [-0.05, 0) is 108 Å². The number of hydrogen-bond donors (Lipinski definition) is 12. The van der Waals surface area contributed by atoms with Crippen LogP contribution in [0.3, 0.4) is 0 Å². The number of carbonyl (C=O) groups is 7. The highest BCUT2D eigenvalue weighted by atomic mass is 31.2. The van der Waals surface area contributed by atoms with Gasteiger partial charge in [0.1, 0.15) is 18.3 Å². The predicted octanol–water partition coefficient (Wildman–Crippen LogP) is 3.28. The summed E-state index contributed by atoms with van der Waals surface area (Å²) in [6.07, 6.45) is -5.68. The van der Waals surface area contributed by atoms with Crippen LogP contribution in [0.1, 0.15) is 150 Å². The molecule has 30 nitrogen and oxygen atoms in total. The third-order valence-corrected chi connectivity index (χ3v) is 22.4. The van der Waals surface area contributed by atoms with Gasteiger partial charge in [-0.1, -0.05) is 34.6 Å². The number of phosphoric acid groups is 2. The standard InChI is InChI=1S/C62H91N13O17P2/c1-29-20-39-40(21-30(29)2)75(28-70-39)57-52(83)53(41(90-57)27-89-93(84,85)86)92-94(87,88)91-31(3)26-69-49(82)18-19-59(8)37(22-46(66)79)56-62(11)61(10,25-48(68)81)36(14-17-45(65)78)51(74-62)33(5)55-60(9,24-47(67)80)34(12-15-43(63)76)38(71-55)23-42-58(6,7)35(13-16-44(64)77)50(72-42)32(4)54(59)73-56/h20-21,23,28,31,34-37,41,52-53,56-57,71,83H,12-19,22,24-27H2,1-11H3,(H2,63,76)(H2,64,77)(H2,65,78)(H2,66,79)(H2,67,80)(H2,68,81)(H,69,82)(H,87,88)(H2,84,85,86)/t31-,34-,35-,36-,37+,41-,52-,53-,56-,57+,59-,60+,61+,62+/m1/s1. The number of aryl methyl sites for hydroxylation is 2. The largest absolute Gasteiger partial charge is 0.472 e. The molecule has 18 N–H and O–H groups in total. The van der Waals surface area contributed by atoms with Crippen LogP contribution in [0.25, 0.3) is 11.0 Å². The molecule has 0 saturated carbocycles. The summed E-state index contributed by atoms with van der Waals surface area (Å²) in [5, 5.41) is 18.0. The van der Waals surface area contributed by atoms with Gasteiger partial charge in [0.25, 0.3) is 0 Å². The Hall–Kier alpha value is -6.85. The first kappa shape index (κ1) is 73.0. The van der Waals surface area contributed by atoms with E-state index in [0.29, 0.717) is 56.4 Å². The SMILES string of the molecule is CC1=C2N=C(C=C3NC(=C(C)C4=N[C@@](C)([C@@H]5N=C1[C@](C)(CCC(=O)NC[C@@H](C)OP(=O)(O)O[C@H]1[C@@H](O)[C@@H](n6cnc7cc(C)c(C)cc76)O[C@@H]1COP(=O)(O)O)[C@H]5CC(N)=O)[C@@](C)(CC(N)=O)[C@@H]4CCC(N)=O)[C@@](C)(CC(N)=O)[C@@H]3CCC(N)=O)C(C)(C)[C@@H]2CCC(N)=O. The molecule has 2 aromatic rings. The molecule has 7 amide bonds. The maximum Gasteiger partial charge on any atom is 0.472 e. The van der Waals surface area contributed by atoms with Gasteiger partial charge in [-0.25, -0.2) is 14.1 Å². The maximum absolute atomic E-state index is 14.4. The minimum Gasteiger partial charge on any atom is -0.386 e. The summed E-state index contributed by atoms with van der Waals surface area (Å²) >= 11 is 0. The van der Waals surface area contributed by atoms with E-state index in [9.17, 15) is 62.5 Å². The van der Waals surface area contributed by atoms with Crippen LogP contribution in [-0.4, -0.2) is 137 Å². The van der Waals surface area contributed by atoms with Crippen LogP contribution >= 0.6 is 15.6 Å². The summed E-state index contributed by atoms with van der Waals surface area (Å²) in [6.45, 7) is 18.6. The number of ether oxygens (including phenoxy) is 1. The normalized spacial score (nSPS) is 31.4. The van der Waals surface area contributed by atoms with Crippen LogP contribution in [-0.2, 0) is 61.0 Å². The Morgan fingerprint density at radius 1 is 0.777 bits per heavy atom. The van der Waals surface area contributed by atoms with Gasteiger partial charge in [0.15, 0.2) is 6.23 Å². The number of aromatic nitrogens is 2. The third kappa shape index (κ3) is 14.5. The number of fused-ring (bicyclic) bond motifs is 7. The van der Waals surface area contributed by atoms with Crippen LogP contribution in [0.4, 0.5) is 0 Å². The molecule has 8 rings (SSSR count). The average Bonchev–Trinajstić information content (AvgIpc) is 1.53. The van der Waals surface area contributed by atoms with E-state index in [4.69, 9.17) is 67.7 Å². The highest BCUT2D eigenvalue weighted by Crippen LogP contribution is 2.63. The van der Waals surface area contributed by atoms with E-state index >= 15 is 0 Å². The second-order valence-corrected chi connectivity index (χ2v) is 30.3. The van der Waals surface area contributed by atoms with Crippen LogP contribution in [0.2, 0.25) is 0 Å². The molecule has 94 heavy (non-hydrogen) atoms. The van der Waals surface area contributed by atoms with E-state index < -0.39 is 158 Å². The van der Waals surface area contributed by atoms with Crippen molar-refractivity contribution in [2.24, 2.45) is 94.7 Å². The van der Waals surface area contributed by atoms with Gasteiger partial charge in [-0.15, -0.1) is 0 Å². The van der Waals surface area contributed by atoms with Crippen molar-refractivity contribution in [2.45, 2.75) is 189 Å². The smallest absolute Gasteiger partial charge is 0.386 e. The summed E-state index contributed by atoms with van der Waals surface area (Å²) in [6, 6.07) is 2.52. The van der Waals surface area contributed by atoms with Gasteiger partial charge in [-0.2, -0.15) is 0 Å². The lowest BCUT2D eigenvalue weighted by Gasteiger charge is -2.48. The van der Waals surface area contributed by atoms with Gasteiger partial charge >= 0.3 is 15.6 Å². The molecule has 32 heteroatoms. The molecule has 15 atom stereocenters. The minimum absolute atomic E-state index is 0.0467. The second kappa shape index (κ2) is 27.0. The van der Waals surface area contributed by atoms with E-state index in [2.05, 4.69) is 15.6 Å². The first-order valence-corrected chi connectivity index (χ1v) is 34.3. The number of rotatable bonds is 28. The number of hydrogen-bond acceptors (Lipinski definition) is 19. The van der Waals surface area contributed by atoms with Crippen LogP contribution in [0.15, 0.2) is 67.8 Å². The van der Waals surface area contributed by atoms with Crippen molar-refractivity contribution in [1.82, 2.24) is 20.2 Å². The van der Waals surface area contributed by atoms with Crippen molar-refractivity contribution < 1.29 is 80.8 Å². The molecule has 1 unspecified atom stereocenters. The minimum atomic E-state index is -5.26. The number of imidazole rings is 1. The van der Waals surface area contributed by atoms with Gasteiger partial charge < -0.3 is 74.1 Å². The molecule has 1 aromatic heterocycles. The van der Waals surface area contributed by atoms with E-state index in [0.717, 1.165) is 11.1 Å². The number of aliphatic hydroxyl groups excluding tert-OH is 1. The topological polar surface area (TPSA) is 507 Å². The fourth-order valence-corrected chi connectivity index (χ4v) is 17.1. The van der Waals surface area contributed by atoms with Crippen molar-refractivity contribution in [3.05, 3.63) is 63.9 Å². The Morgan fingerprint density at radius 2 is 1.37 bits per heavy atom. The monoisotopic (exact) mass is 1350 g/mol. The Bertz CT molecular complexity index is 3740. The molecular weight excluding hydrogens is 1260 g/mol. The fraction of sp³-hybridized carbons (Fsp3) is 0.629. The number of carbonyl (C=O) groups excluding carboxylic acids is 7. The number of nitrogens with zero attached hydrogens (tertiary/aromatic N) is 5. The van der Waals surface area contributed by atoms with Gasteiger partial charge in [0.2, 0.25) is 41.4 Å². The Labute approximate surface area is 544 Å². The highest BCUT2D eigenvalue weighted by Gasteiger charge is 2.66. The molecule has 0 aliphatic carbocycles. The lowest BCUT2D eigenvalue weighted by Crippen LogP contribution is -2.56. The number of phosphoric ester groups is 2. The van der Waals surface area contributed by atoms with Gasteiger partial charge in [0.05, 0.1) is 41.7 Å². The predicted molar refractivity (Wildman–Crippen MR) is 345 cm³/mol. The number of primary amides is 6. The third-order valence-electron chi connectivity index (χ3n) is 20.8. The Kier molecular flexibility index (Phi) is 20.9. The lowest BCUT2D eigenvalue weighted by atomic mass is 9.55. The molecule has 8 bridgehead atoms. The zero-order chi connectivity index (χ0) is 69.9. The summed E-state index contributed by atoms with van der Waals surface area (Å²) < 4.78 is 48.9. The molecule has 6 aliphatic rings. The molecule has 0 radical (unpaired) electrons. The molecule has 2 fully saturated rings. The Balaban J connectivity index is 1.19. The van der Waals surface area contributed by atoms with Crippen LogP contribution in [0, 0.1) is 59.2 Å². The van der Waals surface area contributed by atoms with E-state index in [1.165, 1.54) is 17.8 Å². The number of aliphatic imine (C=N–C) groups is 3. The first-order valence-electron chi connectivity index (χ1n) is 31.3. The molecular formula is C62H91N13O17P2. The zero-order valence-electron chi connectivity index (χ0n) is 55.0. The van der Waals surface area contributed by atoms with Crippen molar-refractivity contribution in [3.63, 3.8) is 0 Å². The van der Waals surface area contributed by atoms with Crippen molar-refractivity contribution >= 4 is 85.2 Å². The first-order chi connectivity index (χ1) is 43.5. The molecule has 1 aromatic carbocycles. The summed E-state index contributed by atoms with van der Waals surface area (Å²) in [7, 11) is -10.4. The Morgan fingerprint density at radius 3 is 1.96 bits per heavy atom. The number of allylic oxidation sites excluding steroid dienone is 6. The van der Waals surface area contributed by atoms with Gasteiger partial charge in [-0.3, -0.25) is 62.1 Å². The summed E-state index contributed by atoms with van der Waals surface area (Å²) in [5.41, 5.74) is 36.7. The molecule has 2 saturated heterocycles. The number of aliphatic hydroxyl groups is 1. The lowest BCUT2D eigenvalue weighted by molar-refractivity contribution is -0.124. The number of benzene rings is 1. The van der Waals surface area contributed by atoms with Crippen molar-refractivity contribution in [2.75, 3.05) is 13.2 Å². The molecule has 0 spiro atoms. The maximum atomic E-state index is 14.4. The molecule has 6 aliphatic heterocycles. The van der Waals surface area contributed by atoms with Crippen LogP contribution < -0.4 is 45.0 Å². The zero-order valence-corrected chi connectivity index (χ0v) is 56.8. The van der Waals surface area contributed by atoms with E-state index in [-0.39, 0.29) is 70.6 Å². The van der Waals surface area contributed by atoms with Crippen molar-refractivity contribution in [3.8, 4) is 0 Å². The number of nitrogens with one attached hydrogen (secondary N) is 2. The number of amides is 7. The summed E-state index contributed by atoms with van der Waals surface area (Å²) in [4.78, 5) is 145. The van der Waals surface area contributed by atoms with E-state index in [1.54, 1.807) is 19.9 Å². The average molecular weight is 1350 g/mol. The summed E-state index contributed by atoms with van der Waals surface area (Å²) in [5.74, 6) is -7.46. The highest BCUT2D eigenvalue weighted by molar-refractivity contribution is 7.47. The molecule has 516 valence electrons. The van der Waals surface area contributed by atoms with Crippen LogP contribution in [0.5, 0.6) is 0 Å². The quantitative estimate of drug-likeness (QED) is 0.0544. The van der Waals surface area contributed by atoms with E-state index in [1.807, 2.05) is 67.5 Å². The second-order valence-electron chi connectivity index (χ2n) is 27.7.